The van der Waals surface area contributed by atoms with Gasteiger partial charge < -0.3 is 0 Å². The van der Waals surface area contributed by atoms with Crippen molar-refractivity contribution in [2.45, 2.75) is 4.83 Å². The number of hydrogen-bond donors (Lipinski definition) is 0. The summed E-state index contributed by atoms with van der Waals surface area (Å²) in [5.74, 6) is -1.03. The Morgan fingerprint density at radius 1 is 1.00 bits per heavy atom. The summed E-state index contributed by atoms with van der Waals surface area (Å²) in [7, 11) is 0. The molecule has 0 heterocycles. The van der Waals surface area contributed by atoms with Gasteiger partial charge in [0.25, 0.3) is 0 Å². The molecule has 4 heteroatoms. The minimum Gasteiger partial charge on any atom is -0.293 e. The zero-order valence-corrected chi connectivity index (χ0v) is 10.8. The molecule has 0 spiro atoms. The van der Waals surface area contributed by atoms with Gasteiger partial charge in [-0.1, -0.05) is 28.1 Å². The summed E-state index contributed by atoms with van der Waals surface area (Å²) >= 11 is 3.23. The molecule has 1 unspecified atom stereocenters. The quantitative estimate of drug-likeness (QED) is 0.611. The number of carbonyl (C=O) groups excluding carboxylic acids is 1. The summed E-state index contributed by atoms with van der Waals surface area (Å²) in [6, 6.07) is 11.1. The predicted molar refractivity (Wildman–Crippen MR) is 68.8 cm³/mol. The zero-order valence-electron chi connectivity index (χ0n) is 9.24. The summed E-state index contributed by atoms with van der Waals surface area (Å²) in [6.45, 7) is 0. The number of hydrogen-bond acceptors (Lipinski definition) is 1. The van der Waals surface area contributed by atoms with Crippen LogP contribution < -0.4 is 0 Å². The van der Waals surface area contributed by atoms with E-state index in [1.54, 1.807) is 6.07 Å². The highest BCUT2D eigenvalue weighted by atomic mass is 79.9. The average molecular weight is 311 g/mol. The van der Waals surface area contributed by atoms with Gasteiger partial charge in [0.05, 0.1) is 0 Å². The van der Waals surface area contributed by atoms with E-state index in [9.17, 15) is 13.6 Å². The van der Waals surface area contributed by atoms with Gasteiger partial charge in [-0.15, -0.1) is 0 Å². The average Bonchev–Trinajstić information content (AvgIpc) is 2.38. The molecule has 0 amide bonds. The van der Waals surface area contributed by atoms with Crippen molar-refractivity contribution in [2.75, 3.05) is 0 Å². The lowest BCUT2D eigenvalue weighted by Gasteiger charge is -2.09. The van der Waals surface area contributed by atoms with Crippen molar-refractivity contribution >= 4 is 21.7 Å². The van der Waals surface area contributed by atoms with Crippen LogP contribution in [0.25, 0.3) is 0 Å². The number of alkyl halides is 1. The molecule has 0 saturated carbocycles. The van der Waals surface area contributed by atoms with Crippen LogP contribution in [0.15, 0.2) is 48.5 Å². The first-order valence-corrected chi connectivity index (χ1v) is 6.19. The van der Waals surface area contributed by atoms with E-state index in [1.807, 2.05) is 0 Å². The Kier molecular flexibility index (Phi) is 3.87. The first-order chi connectivity index (χ1) is 8.58. The molecule has 2 rings (SSSR count). The van der Waals surface area contributed by atoms with E-state index in [-0.39, 0.29) is 5.78 Å². The SMILES string of the molecule is O=C(c1ccc(F)cc1)C(Br)c1cccc(F)c1. The minimum atomic E-state index is -0.640. The Bertz CT molecular complexity index is 566. The Labute approximate surface area is 112 Å². The van der Waals surface area contributed by atoms with E-state index >= 15 is 0 Å². The lowest BCUT2D eigenvalue weighted by atomic mass is 10.0. The lowest BCUT2D eigenvalue weighted by molar-refractivity contribution is 0.0991. The molecular weight excluding hydrogens is 302 g/mol. The summed E-state index contributed by atoms with van der Waals surface area (Å²) in [5.41, 5.74) is 0.909. The van der Waals surface area contributed by atoms with Crippen LogP contribution in [0.4, 0.5) is 8.78 Å². The standard InChI is InChI=1S/C14H9BrF2O/c15-13(10-2-1-3-12(17)8-10)14(18)9-4-6-11(16)7-5-9/h1-8,13H. The van der Waals surface area contributed by atoms with Gasteiger partial charge in [-0.25, -0.2) is 8.78 Å². The lowest BCUT2D eigenvalue weighted by Crippen LogP contribution is -2.07. The second-order valence-corrected chi connectivity index (χ2v) is 4.70. The van der Waals surface area contributed by atoms with Gasteiger partial charge in [-0.2, -0.15) is 0 Å². The second-order valence-electron chi connectivity index (χ2n) is 3.79. The highest BCUT2D eigenvalue weighted by Gasteiger charge is 2.19. The summed E-state index contributed by atoms with van der Waals surface area (Å²) in [6.07, 6.45) is 0. The number of benzene rings is 2. The molecule has 1 nitrogen and oxygen atoms in total. The molecule has 1 atom stereocenters. The van der Waals surface area contributed by atoms with Gasteiger partial charge in [0.2, 0.25) is 0 Å². The molecular formula is C14H9BrF2O. The van der Waals surface area contributed by atoms with E-state index in [0.717, 1.165) is 0 Å². The summed E-state index contributed by atoms with van der Waals surface area (Å²) in [5, 5.41) is 0. The first kappa shape index (κ1) is 12.9. The number of halogens is 3. The smallest absolute Gasteiger partial charge is 0.180 e. The van der Waals surface area contributed by atoms with Crippen molar-refractivity contribution in [3.8, 4) is 0 Å². The molecule has 0 aliphatic rings. The maximum absolute atomic E-state index is 13.1. The highest BCUT2D eigenvalue weighted by molar-refractivity contribution is 9.09. The van der Waals surface area contributed by atoms with Crippen LogP contribution >= 0.6 is 15.9 Å². The predicted octanol–water partition coefficient (Wildman–Crippen LogP) is 4.28. The molecule has 2 aromatic rings. The molecule has 0 aliphatic carbocycles. The Morgan fingerprint density at radius 2 is 1.67 bits per heavy atom. The monoisotopic (exact) mass is 310 g/mol. The summed E-state index contributed by atoms with van der Waals surface area (Å²) < 4.78 is 25.8. The van der Waals surface area contributed by atoms with E-state index in [0.29, 0.717) is 11.1 Å². The highest BCUT2D eigenvalue weighted by Crippen LogP contribution is 2.27. The largest absolute Gasteiger partial charge is 0.293 e. The topological polar surface area (TPSA) is 17.1 Å². The van der Waals surface area contributed by atoms with Crippen molar-refractivity contribution in [3.63, 3.8) is 0 Å². The number of Topliss-reactive ketones (excluding diaryl/α,β-unsaturated/α-hetero) is 1. The van der Waals surface area contributed by atoms with Crippen LogP contribution in [-0.2, 0) is 0 Å². The van der Waals surface area contributed by atoms with Crippen LogP contribution in [-0.4, -0.2) is 5.78 Å². The molecule has 0 radical (unpaired) electrons. The van der Waals surface area contributed by atoms with Gasteiger partial charge in [0.15, 0.2) is 5.78 Å². The molecule has 0 bridgehead atoms. The van der Waals surface area contributed by atoms with Crippen molar-refractivity contribution in [2.24, 2.45) is 0 Å². The Balaban J connectivity index is 2.26. The fourth-order valence-corrected chi connectivity index (χ4v) is 2.13. The van der Waals surface area contributed by atoms with Crippen molar-refractivity contribution in [1.29, 1.82) is 0 Å². The van der Waals surface area contributed by atoms with Crippen molar-refractivity contribution in [1.82, 2.24) is 0 Å². The van der Waals surface area contributed by atoms with E-state index in [2.05, 4.69) is 15.9 Å². The number of carbonyl (C=O) groups is 1. The number of rotatable bonds is 3. The third-order valence-corrected chi connectivity index (χ3v) is 3.44. The third kappa shape index (κ3) is 2.82. The summed E-state index contributed by atoms with van der Waals surface area (Å²) in [4.78, 5) is 11.4. The fourth-order valence-electron chi connectivity index (χ4n) is 1.58. The molecule has 0 saturated heterocycles. The third-order valence-electron chi connectivity index (χ3n) is 2.50. The minimum absolute atomic E-state index is 0.236. The maximum Gasteiger partial charge on any atom is 0.180 e. The zero-order chi connectivity index (χ0) is 13.1. The van der Waals surface area contributed by atoms with Crippen LogP contribution in [0.1, 0.15) is 20.7 Å². The molecule has 18 heavy (non-hydrogen) atoms. The molecule has 0 aromatic heterocycles. The van der Waals surface area contributed by atoms with Crippen molar-refractivity contribution < 1.29 is 13.6 Å². The van der Waals surface area contributed by atoms with Crippen LogP contribution in [0, 0.1) is 11.6 Å². The maximum atomic E-state index is 13.1. The van der Waals surface area contributed by atoms with Crippen molar-refractivity contribution in [3.05, 3.63) is 71.3 Å². The van der Waals surface area contributed by atoms with Gasteiger partial charge in [-0.3, -0.25) is 4.79 Å². The molecule has 0 fully saturated rings. The van der Waals surface area contributed by atoms with E-state index in [4.69, 9.17) is 0 Å². The van der Waals surface area contributed by atoms with Crippen LogP contribution in [0.5, 0.6) is 0 Å². The normalized spacial score (nSPS) is 12.2. The first-order valence-electron chi connectivity index (χ1n) is 5.27. The van der Waals surface area contributed by atoms with Gasteiger partial charge >= 0.3 is 0 Å². The van der Waals surface area contributed by atoms with Crippen LogP contribution in [0.3, 0.4) is 0 Å². The van der Waals surface area contributed by atoms with Gasteiger partial charge in [0.1, 0.15) is 16.5 Å². The molecule has 0 N–H and O–H groups in total. The van der Waals surface area contributed by atoms with Gasteiger partial charge in [-0.05, 0) is 42.0 Å². The Hall–Kier alpha value is -1.55. The molecule has 92 valence electrons. The molecule has 0 aliphatic heterocycles. The number of ketones is 1. The van der Waals surface area contributed by atoms with E-state index < -0.39 is 16.5 Å². The fraction of sp³-hybridized carbons (Fsp3) is 0.0714. The van der Waals surface area contributed by atoms with Gasteiger partial charge in [0, 0.05) is 5.56 Å². The second kappa shape index (κ2) is 5.40. The van der Waals surface area contributed by atoms with Crippen LogP contribution in [0.2, 0.25) is 0 Å². The van der Waals surface area contributed by atoms with E-state index in [1.165, 1.54) is 42.5 Å². The Morgan fingerprint density at radius 3 is 2.28 bits per heavy atom. The molecule has 2 aromatic carbocycles.